The van der Waals surface area contributed by atoms with E-state index in [0.717, 1.165) is 21.3 Å². The molecule has 0 aromatic heterocycles. The van der Waals surface area contributed by atoms with Crippen LogP contribution in [-0.4, -0.2) is 24.3 Å². The molecule has 0 saturated heterocycles. The summed E-state index contributed by atoms with van der Waals surface area (Å²) in [5.74, 6) is 0.847. The van der Waals surface area contributed by atoms with Crippen LogP contribution in [0.1, 0.15) is 43.7 Å². The van der Waals surface area contributed by atoms with E-state index < -0.39 is 11.4 Å². The van der Waals surface area contributed by atoms with Crippen molar-refractivity contribution < 1.29 is 19.4 Å². The highest BCUT2D eigenvalue weighted by Gasteiger charge is 2.54. The number of hydrogen-bond donors (Lipinski definition) is 1. The minimum absolute atomic E-state index is 0.176. The summed E-state index contributed by atoms with van der Waals surface area (Å²) in [5, 5.41) is 9.60. The number of halogens is 1. The molecule has 20 heavy (non-hydrogen) atoms. The molecule has 1 aliphatic heterocycles. The second-order valence-corrected chi connectivity index (χ2v) is 6.57. The van der Waals surface area contributed by atoms with Crippen molar-refractivity contribution in [2.24, 2.45) is 0 Å². The summed E-state index contributed by atoms with van der Waals surface area (Å²) in [6, 6.07) is 1.85. The third-order valence-electron chi connectivity index (χ3n) is 4.04. The van der Waals surface area contributed by atoms with E-state index in [4.69, 9.17) is 9.47 Å². The zero-order valence-corrected chi connectivity index (χ0v) is 13.1. The van der Waals surface area contributed by atoms with Crippen molar-refractivity contribution in [3.05, 3.63) is 21.7 Å². The van der Waals surface area contributed by atoms with Gasteiger partial charge < -0.3 is 14.6 Å². The fourth-order valence-electron chi connectivity index (χ4n) is 2.91. The average molecular weight is 341 g/mol. The van der Waals surface area contributed by atoms with Crippen LogP contribution in [0.5, 0.6) is 11.5 Å². The van der Waals surface area contributed by atoms with Crippen LogP contribution >= 0.6 is 15.9 Å². The first-order valence-corrected chi connectivity index (χ1v) is 7.62. The van der Waals surface area contributed by atoms with Gasteiger partial charge in [-0.1, -0.05) is 29.8 Å². The molecule has 1 aromatic carbocycles. The van der Waals surface area contributed by atoms with Gasteiger partial charge in [-0.25, -0.2) is 0 Å². The molecule has 1 N–H and O–H groups in total. The summed E-state index contributed by atoms with van der Waals surface area (Å²) in [5.41, 5.74) is 1.08. The van der Waals surface area contributed by atoms with Gasteiger partial charge in [0, 0.05) is 10.0 Å². The van der Waals surface area contributed by atoms with Crippen LogP contribution < -0.4 is 9.47 Å². The van der Waals surface area contributed by atoms with Crippen molar-refractivity contribution >= 4 is 21.9 Å². The van der Waals surface area contributed by atoms with Gasteiger partial charge in [0.15, 0.2) is 11.5 Å². The number of carbonyl (C=O) groups is 1. The zero-order chi connectivity index (χ0) is 14.5. The van der Waals surface area contributed by atoms with Crippen LogP contribution in [0.4, 0.5) is 0 Å². The van der Waals surface area contributed by atoms with Gasteiger partial charge in [0.05, 0.1) is 5.41 Å². The Morgan fingerprint density at radius 3 is 2.55 bits per heavy atom. The Balaban J connectivity index is 2.26. The lowest BCUT2D eigenvalue weighted by atomic mass is 9.85. The number of ether oxygens (including phenoxy) is 2. The maximum Gasteiger partial charge on any atom is 0.314 e. The Bertz CT molecular complexity index is 576. The Hall–Kier alpha value is -1.23. The summed E-state index contributed by atoms with van der Waals surface area (Å²) in [6.07, 6.45) is 1.36. The largest absolute Gasteiger partial charge is 0.486 e. The molecule has 0 atom stereocenters. The van der Waals surface area contributed by atoms with Gasteiger partial charge in [-0.3, -0.25) is 4.79 Å². The maximum atomic E-state index is 11.7. The number of carboxylic acid groups (broad SMARTS) is 1. The van der Waals surface area contributed by atoms with Crippen molar-refractivity contribution in [1.29, 1.82) is 0 Å². The number of hydrogen-bond acceptors (Lipinski definition) is 3. The van der Waals surface area contributed by atoms with Crippen LogP contribution in [0.2, 0.25) is 0 Å². The minimum Gasteiger partial charge on any atom is -0.486 e. The fourth-order valence-corrected chi connectivity index (χ4v) is 3.71. The second kappa shape index (κ2) is 4.65. The van der Waals surface area contributed by atoms with Gasteiger partial charge in [0.25, 0.3) is 0 Å². The smallest absolute Gasteiger partial charge is 0.314 e. The third-order valence-corrected chi connectivity index (χ3v) is 4.66. The Kier molecular flexibility index (Phi) is 3.20. The second-order valence-electron chi connectivity index (χ2n) is 5.71. The number of aliphatic carboxylic acids is 1. The molecule has 3 rings (SSSR count). The molecule has 0 unspecified atom stereocenters. The third kappa shape index (κ3) is 1.91. The molecular weight excluding hydrogens is 324 g/mol. The molecule has 1 saturated carbocycles. The van der Waals surface area contributed by atoms with E-state index in [1.807, 2.05) is 6.07 Å². The van der Waals surface area contributed by atoms with Crippen LogP contribution in [0.3, 0.4) is 0 Å². The molecule has 5 heteroatoms. The van der Waals surface area contributed by atoms with Gasteiger partial charge in [0.1, 0.15) is 13.2 Å². The summed E-state index contributed by atoms with van der Waals surface area (Å²) in [7, 11) is 0. The minimum atomic E-state index is -0.756. The molecule has 0 radical (unpaired) electrons. The number of carboxylic acids is 1. The van der Waals surface area contributed by atoms with E-state index in [0.29, 0.717) is 31.8 Å². The standard InChI is InChI=1S/C15H17BrO4/c1-8(2)11-12(15(3-4-15)14(17)18)9(16)7-10-13(11)20-6-5-19-10/h7-8H,3-6H2,1-2H3,(H,17,18). The van der Waals surface area contributed by atoms with Crippen molar-refractivity contribution in [3.8, 4) is 11.5 Å². The summed E-state index contributed by atoms with van der Waals surface area (Å²) in [4.78, 5) is 11.7. The zero-order valence-electron chi connectivity index (χ0n) is 11.5. The highest BCUT2D eigenvalue weighted by Crippen LogP contribution is 2.56. The van der Waals surface area contributed by atoms with Gasteiger partial charge in [0.2, 0.25) is 0 Å². The number of rotatable bonds is 3. The SMILES string of the molecule is CC(C)c1c2c(cc(Br)c1C1(C(=O)O)CC1)OCCO2. The molecule has 4 nitrogen and oxygen atoms in total. The van der Waals surface area contributed by atoms with E-state index >= 15 is 0 Å². The van der Waals surface area contributed by atoms with E-state index in [2.05, 4.69) is 29.8 Å². The van der Waals surface area contributed by atoms with Crippen molar-refractivity contribution in [1.82, 2.24) is 0 Å². The predicted molar refractivity (Wildman–Crippen MR) is 77.8 cm³/mol. The lowest BCUT2D eigenvalue weighted by Crippen LogP contribution is -2.25. The molecule has 1 aromatic rings. The highest BCUT2D eigenvalue weighted by molar-refractivity contribution is 9.10. The van der Waals surface area contributed by atoms with Gasteiger partial charge in [-0.15, -0.1) is 0 Å². The molecule has 2 aliphatic rings. The lowest BCUT2D eigenvalue weighted by Gasteiger charge is -2.28. The number of fused-ring (bicyclic) bond motifs is 1. The quantitative estimate of drug-likeness (QED) is 0.915. The molecule has 1 fully saturated rings. The van der Waals surface area contributed by atoms with E-state index in [1.165, 1.54) is 0 Å². The lowest BCUT2D eigenvalue weighted by molar-refractivity contribution is -0.140. The Morgan fingerprint density at radius 1 is 1.35 bits per heavy atom. The first kappa shape index (κ1) is 13.7. The molecule has 0 amide bonds. The molecular formula is C15H17BrO4. The number of benzene rings is 1. The summed E-state index contributed by atoms with van der Waals surface area (Å²) >= 11 is 3.54. The van der Waals surface area contributed by atoms with Crippen molar-refractivity contribution in [2.75, 3.05) is 13.2 Å². The maximum absolute atomic E-state index is 11.7. The van der Waals surface area contributed by atoms with Crippen LogP contribution in [0.25, 0.3) is 0 Å². The normalized spacial score (nSPS) is 19.0. The van der Waals surface area contributed by atoms with Crippen LogP contribution in [0.15, 0.2) is 10.5 Å². The van der Waals surface area contributed by atoms with Gasteiger partial charge in [-0.2, -0.15) is 0 Å². The molecule has 1 aliphatic carbocycles. The van der Waals surface area contributed by atoms with Crippen LogP contribution in [0, 0.1) is 0 Å². The van der Waals surface area contributed by atoms with E-state index in [9.17, 15) is 9.90 Å². The monoisotopic (exact) mass is 340 g/mol. The van der Waals surface area contributed by atoms with Gasteiger partial charge in [-0.05, 0) is 30.4 Å². The topological polar surface area (TPSA) is 55.8 Å². The van der Waals surface area contributed by atoms with E-state index in [-0.39, 0.29) is 5.92 Å². The molecule has 0 spiro atoms. The average Bonchev–Trinajstić information content (AvgIpc) is 3.18. The molecule has 0 bridgehead atoms. The van der Waals surface area contributed by atoms with Crippen molar-refractivity contribution in [2.45, 2.75) is 38.0 Å². The summed E-state index contributed by atoms with van der Waals surface area (Å²) < 4.78 is 12.2. The highest BCUT2D eigenvalue weighted by atomic mass is 79.9. The van der Waals surface area contributed by atoms with E-state index in [1.54, 1.807) is 0 Å². The fraction of sp³-hybridized carbons (Fsp3) is 0.533. The predicted octanol–water partition coefficient (Wildman–Crippen LogP) is 3.46. The Labute approximate surface area is 126 Å². The van der Waals surface area contributed by atoms with Gasteiger partial charge >= 0.3 is 5.97 Å². The molecule has 108 valence electrons. The first-order valence-electron chi connectivity index (χ1n) is 6.83. The Morgan fingerprint density at radius 2 is 2.00 bits per heavy atom. The van der Waals surface area contributed by atoms with Crippen molar-refractivity contribution in [3.63, 3.8) is 0 Å². The summed E-state index contributed by atoms with van der Waals surface area (Å²) in [6.45, 7) is 5.15. The first-order chi connectivity index (χ1) is 9.47. The molecule has 1 heterocycles. The van der Waals surface area contributed by atoms with Crippen LogP contribution in [-0.2, 0) is 10.2 Å².